The molecule has 0 radical (unpaired) electrons. The Bertz CT molecular complexity index is 783. The summed E-state index contributed by atoms with van der Waals surface area (Å²) in [6.07, 6.45) is 0.169. The van der Waals surface area contributed by atoms with Crippen molar-refractivity contribution < 1.29 is 4.79 Å². The lowest BCUT2D eigenvalue weighted by Crippen LogP contribution is -1.87. The molecule has 0 unspecified atom stereocenters. The van der Waals surface area contributed by atoms with Gasteiger partial charge in [0, 0.05) is 22.1 Å². The summed E-state index contributed by atoms with van der Waals surface area (Å²) in [6, 6.07) is 11.4. The average molecular weight is 250 g/mol. The zero-order valence-electron chi connectivity index (χ0n) is 9.23. The molecule has 0 fully saturated rings. The number of thiophene rings is 1. The van der Waals surface area contributed by atoms with Gasteiger partial charge >= 0.3 is 0 Å². The minimum Gasteiger partial charge on any atom is -0.293 e. The molecule has 1 aliphatic rings. The third-order valence-electron chi connectivity index (χ3n) is 3.01. The van der Waals surface area contributed by atoms with Crippen molar-refractivity contribution in [3.8, 4) is 12.1 Å². The molecule has 0 saturated heterocycles. The van der Waals surface area contributed by atoms with Crippen molar-refractivity contribution in [3.63, 3.8) is 0 Å². The van der Waals surface area contributed by atoms with E-state index in [4.69, 9.17) is 10.5 Å². The molecule has 1 heterocycles. The number of carbonyl (C=O) groups is 1. The Kier molecular flexibility index (Phi) is 2.26. The predicted octanol–water partition coefficient (Wildman–Crippen LogP) is 3.29. The molecule has 0 spiro atoms. The van der Waals surface area contributed by atoms with E-state index in [2.05, 4.69) is 0 Å². The molecule has 0 atom stereocenters. The zero-order valence-corrected chi connectivity index (χ0v) is 10.0. The standard InChI is InChI=1S/C14H6N2OS/c15-6-8(7-16)10-5-11(17)14-13(10)9-3-1-2-4-12(9)18-14/h1-4H,5H2. The van der Waals surface area contributed by atoms with E-state index in [-0.39, 0.29) is 17.8 Å². The van der Waals surface area contributed by atoms with Gasteiger partial charge in [0.25, 0.3) is 0 Å². The number of nitriles is 2. The van der Waals surface area contributed by atoms with Crippen LogP contribution >= 0.6 is 11.3 Å². The predicted molar refractivity (Wildman–Crippen MR) is 68.9 cm³/mol. The first kappa shape index (κ1) is 10.7. The summed E-state index contributed by atoms with van der Waals surface area (Å²) in [5.74, 6) is 0.00389. The fraction of sp³-hybridized carbons (Fsp3) is 0.0714. The Morgan fingerprint density at radius 1 is 1.22 bits per heavy atom. The van der Waals surface area contributed by atoms with E-state index in [1.165, 1.54) is 11.3 Å². The lowest BCUT2D eigenvalue weighted by atomic mass is 10.0. The molecular weight excluding hydrogens is 244 g/mol. The Labute approximate surface area is 107 Å². The highest BCUT2D eigenvalue weighted by Crippen LogP contribution is 2.44. The van der Waals surface area contributed by atoms with Crippen molar-refractivity contribution in [1.82, 2.24) is 0 Å². The van der Waals surface area contributed by atoms with E-state index in [1.54, 1.807) is 0 Å². The fourth-order valence-electron chi connectivity index (χ4n) is 2.24. The molecule has 0 N–H and O–H groups in total. The number of rotatable bonds is 0. The van der Waals surface area contributed by atoms with Crippen LogP contribution in [0.4, 0.5) is 0 Å². The summed E-state index contributed by atoms with van der Waals surface area (Å²) in [4.78, 5) is 12.6. The lowest BCUT2D eigenvalue weighted by molar-refractivity contribution is 0.101. The molecule has 3 rings (SSSR count). The first-order valence-corrected chi connectivity index (χ1v) is 6.16. The average Bonchev–Trinajstić information content (AvgIpc) is 2.91. The van der Waals surface area contributed by atoms with Gasteiger partial charge in [-0.2, -0.15) is 10.5 Å². The van der Waals surface area contributed by atoms with Crippen molar-refractivity contribution in [1.29, 1.82) is 10.5 Å². The van der Waals surface area contributed by atoms with Crippen molar-refractivity contribution >= 4 is 32.8 Å². The lowest BCUT2D eigenvalue weighted by Gasteiger charge is -1.98. The van der Waals surface area contributed by atoms with E-state index >= 15 is 0 Å². The second-order valence-electron chi connectivity index (χ2n) is 3.98. The quantitative estimate of drug-likeness (QED) is 0.674. The van der Waals surface area contributed by atoms with Gasteiger partial charge in [-0.15, -0.1) is 11.3 Å². The van der Waals surface area contributed by atoms with Gasteiger partial charge in [0.2, 0.25) is 0 Å². The molecule has 0 saturated carbocycles. The minimum absolute atomic E-state index is 0.00389. The number of allylic oxidation sites excluding steroid dienone is 2. The van der Waals surface area contributed by atoms with Gasteiger partial charge in [-0.1, -0.05) is 18.2 Å². The van der Waals surface area contributed by atoms with Gasteiger partial charge in [-0.3, -0.25) is 4.79 Å². The first-order valence-electron chi connectivity index (χ1n) is 5.34. The molecule has 0 bridgehead atoms. The number of ketones is 1. The number of hydrogen-bond donors (Lipinski definition) is 0. The van der Waals surface area contributed by atoms with Crippen molar-refractivity contribution in [3.05, 3.63) is 40.3 Å². The van der Waals surface area contributed by atoms with Crippen molar-refractivity contribution in [2.24, 2.45) is 0 Å². The monoisotopic (exact) mass is 250 g/mol. The summed E-state index contributed by atoms with van der Waals surface area (Å²) >= 11 is 1.43. The summed E-state index contributed by atoms with van der Waals surface area (Å²) < 4.78 is 1.02. The van der Waals surface area contributed by atoms with Crippen LogP contribution in [-0.2, 0) is 0 Å². The summed E-state index contributed by atoms with van der Waals surface area (Å²) in [5, 5.41) is 18.9. The van der Waals surface area contributed by atoms with Crippen LogP contribution in [0.15, 0.2) is 29.8 Å². The van der Waals surface area contributed by atoms with Gasteiger partial charge in [0.05, 0.1) is 4.88 Å². The van der Waals surface area contributed by atoms with E-state index in [0.29, 0.717) is 10.5 Å². The third kappa shape index (κ3) is 1.30. The van der Waals surface area contributed by atoms with Gasteiger partial charge in [0.1, 0.15) is 17.7 Å². The smallest absolute Gasteiger partial charge is 0.177 e. The molecule has 4 heteroatoms. The first-order chi connectivity index (χ1) is 8.76. The SMILES string of the molecule is N#CC(C#N)=C1CC(=O)c2sc3ccccc3c21. The molecule has 1 aliphatic carbocycles. The van der Waals surface area contributed by atoms with Crippen LogP contribution in [0, 0.1) is 22.7 Å². The van der Waals surface area contributed by atoms with Gasteiger partial charge in [-0.05, 0) is 11.6 Å². The number of nitrogens with zero attached hydrogens (tertiary/aromatic N) is 2. The summed E-state index contributed by atoms with van der Waals surface area (Å²) in [5.41, 5.74) is 1.42. The maximum atomic E-state index is 11.9. The molecule has 3 nitrogen and oxygen atoms in total. The molecule has 1 aromatic heterocycles. The molecule has 0 amide bonds. The third-order valence-corrected chi connectivity index (χ3v) is 4.23. The van der Waals surface area contributed by atoms with Crippen LogP contribution in [0.3, 0.4) is 0 Å². The zero-order chi connectivity index (χ0) is 12.7. The van der Waals surface area contributed by atoms with E-state index in [1.807, 2.05) is 36.4 Å². The van der Waals surface area contributed by atoms with Crippen molar-refractivity contribution in [2.45, 2.75) is 6.42 Å². The molecule has 0 aliphatic heterocycles. The highest BCUT2D eigenvalue weighted by Gasteiger charge is 2.31. The van der Waals surface area contributed by atoms with E-state index in [9.17, 15) is 4.79 Å². The summed E-state index contributed by atoms with van der Waals surface area (Å²) in [7, 11) is 0. The number of hydrogen-bond acceptors (Lipinski definition) is 4. The number of Topliss-reactive ketones (excluding diaryl/α,β-unsaturated/α-hetero) is 1. The van der Waals surface area contributed by atoms with E-state index in [0.717, 1.165) is 15.6 Å². The van der Waals surface area contributed by atoms with Crippen LogP contribution in [0.25, 0.3) is 15.7 Å². The Hall–Kier alpha value is -2.43. The van der Waals surface area contributed by atoms with Crippen LogP contribution in [0.5, 0.6) is 0 Å². The van der Waals surface area contributed by atoms with Crippen LogP contribution in [-0.4, -0.2) is 5.78 Å². The number of fused-ring (bicyclic) bond motifs is 3. The molecule has 2 aromatic rings. The Balaban J connectivity index is 2.44. The van der Waals surface area contributed by atoms with Crippen LogP contribution in [0.2, 0.25) is 0 Å². The maximum Gasteiger partial charge on any atom is 0.177 e. The minimum atomic E-state index is 0.00389. The maximum absolute atomic E-state index is 11.9. The van der Waals surface area contributed by atoms with Gasteiger partial charge in [0.15, 0.2) is 5.78 Å². The largest absolute Gasteiger partial charge is 0.293 e. The normalized spacial score (nSPS) is 13.2. The number of carbonyl (C=O) groups excluding carboxylic acids is 1. The number of benzene rings is 1. The second kappa shape index (κ2) is 3.80. The van der Waals surface area contributed by atoms with Gasteiger partial charge < -0.3 is 0 Å². The van der Waals surface area contributed by atoms with Crippen LogP contribution in [0.1, 0.15) is 21.7 Å². The van der Waals surface area contributed by atoms with E-state index < -0.39 is 0 Å². The highest BCUT2D eigenvalue weighted by molar-refractivity contribution is 7.21. The van der Waals surface area contributed by atoms with Crippen molar-refractivity contribution in [2.75, 3.05) is 0 Å². The molecule has 18 heavy (non-hydrogen) atoms. The molecule has 84 valence electrons. The fourth-order valence-corrected chi connectivity index (χ4v) is 3.41. The molecule has 1 aromatic carbocycles. The summed E-state index contributed by atoms with van der Waals surface area (Å²) in [6.45, 7) is 0. The Morgan fingerprint density at radius 3 is 2.67 bits per heavy atom. The second-order valence-corrected chi connectivity index (χ2v) is 5.03. The highest BCUT2D eigenvalue weighted by atomic mass is 32.1. The topological polar surface area (TPSA) is 64.7 Å². The van der Waals surface area contributed by atoms with Gasteiger partial charge in [-0.25, -0.2) is 0 Å². The van der Waals surface area contributed by atoms with Crippen LogP contribution < -0.4 is 0 Å². The Morgan fingerprint density at radius 2 is 1.94 bits per heavy atom. The molecular formula is C14H6N2OS.